The van der Waals surface area contributed by atoms with Gasteiger partial charge in [-0.15, -0.1) is 0 Å². The molecule has 0 saturated heterocycles. The normalized spacial score (nSPS) is 20.7. The van der Waals surface area contributed by atoms with Crippen LogP contribution in [0.15, 0.2) is 197 Å². The molecule has 3 aliphatic rings. The van der Waals surface area contributed by atoms with Crippen LogP contribution in [-0.2, 0) is 0 Å². The van der Waals surface area contributed by atoms with Crippen molar-refractivity contribution < 1.29 is 0 Å². The third-order valence-corrected chi connectivity index (χ3v) is 9.13. The maximum Gasteiger partial charge on any atom is 0.159 e. The molecular formula is C44H35N5. The molecule has 3 N–H and O–H groups in total. The number of allylic oxidation sites excluding steroid dienone is 4. The molecule has 49 heavy (non-hydrogen) atoms. The molecule has 5 aromatic carbocycles. The molecule has 2 aliphatic heterocycles. The number of hydrogen-bond acceptors (Lipinski definition) is 5. The van der Waals surface area contributed by atoms with Gasteiger partial charge in [-0.1, -0.05) is 176 Å². The zero-order valence-electron chi connectivity index (χ0n) is 26.9. The van der Waals surface area contributed by atoms with Gasteiger partial charge in [0, 0.05) is 45.5 Å². The van der Waals surface area contributed by atoms with Gasteiger partial charge >= 0.3 is 0 Å². The van der Waals surface area contributed by atoms with E-state index in [1.54, 1.807) is 0 Å². The summed E-state index contributed by atoms with van der Waals surface area (Å²) in [7, 11) is 0. The fraction of sp³-hybridized carbons (Fsp3) is 0.0682. The van der Waals surface area contributed by atoms with E-state index in [2.05, 4.69) is 95.6 Å². The molecule has 5 nitrogen and oxygen atoms in total. The summed E-state index contributed by atoms with van der Waals surface area (Å²) in [5.74, 6) is 1.44. The van der Waals surface area contributed by atoms with E-state index < -0.39 is 0 Å². The molecule has 3 atom stereocenters. The van der Waals surface area contributed by atoms with E-state index in [1.807, 2.05) is 91.0 Å². The van der Waals surface area contributed by atoms with Gasteiger partial charge in [0.05, 0.1) is 5.71 Å². The van der Waals surface area contributed by atoms with Crippen molar-refractivity contribution in [1.29, 1.82) is 5.41 Å². The van der Waals surface area contributed by atoms with E-state index in [1.165, 1.54) is 0 Å². The van der Waals surface area contributed by atoms with Gasteiger partial charge in [0.25, 0.3) is 0 Å². The molecule has 0 spiro atoms. The minimum absolute atomic E-state index is 0.0577. The summed E-state index contributed by atoms with van der Waals surface area (Å²) in [5.41, 5.74) is 9.34. The van der Waals surface area contributed by atoms with Gasteiger partial charge < -0.3 is 10.6 Å². The number of fused-ring (bicyclic) bond motifs is 1. The molecule has 0 bridgehead atoms. The first kappa shape index (κ1) is 30.0. The first-order valence-electron chi connectivity index (χ1n) is 16.6. The third kappa shape index (κ3) is 6.22. The average Bonchev–Trinajstić information content (AvgIpc) is 3.19. The number of rotatable bonds is 7. The van der Waals surface area contributed by atoms with E-state index >= 15 is 0 Å². The Bertz CT molecular complexity index is 2160. The molecule has 5 heteroatoms. The Morgan fingerprint density at radius 1 is 0.612 bits per heavy atom. The lowest BCUT2D eigenvalue weighted by atomic mass is 9.76. The molecule has 0 amide bonds. The Kier molecular flexibility index (Phi) is 8.22. The van der Waals surface area contributed by atoms with Gasteiger partial charge in [-0.05, 0) is 16.7 Å². The smallest absolute Gasteiger partial charge is 0.159 e. The second kappa shape index (κ2) is 13.4. The van der Waals surface area contributed by atoms with Crippen molar-refractivity contribution in [2.45, 2.75) is 6.17 Å². The maximum atomic E-state index is 9.62. The van der Waals surface area contributed by atoms with E-state index in [0.717, 1.165) is 56.2 Å². The standard InChI is InChI=1S/C44H35N5/c45-40(32-20-10-3-11-21-32)39(31-18-8-2-9-19-31)41-37-28-36(27-26-35(37)29-38(46-41)30-16-6-1-7-17-30)44-48-42(33-22-12-4-13-23-33)47-43(49-44)34-24-14-5-15-25-34/h1-29,35,37,42,45-46H,(H,47,48,49)/b41-39-,45-40?. The van der Waals surface area contributed by atoms with Crippen molar-refractivity contribution in [3.8, 4) is 0 Å². The highest BCUT2D eigenvalue weighted by Gasteiger charge is 2.34. The Labute approximate surface area is 287 Å². The van der Waals surface area contributed by atoms with E-state index in [9.17, 15) is 5.41 Å². The second-order valence-electron chi connectivity index (χ2n) is 12.3. The van der Waals surface area contributed by atoms with Crippen molar-refractivity contribution >= 4 is 28.7 Å². The predicted octanol–water partition coefficient (Wildman–Crippen LogP) is 8.99. The lowest BCUT2D eigenvalue weighted by Crippen LogP contribution is -2.35. The minimum Gasteiger partial charge on any atom is -0.358 e. The topological polar surface area (TPSA) is 72.6 Å². The minimum atomic E-state index is -0.286. The summed E-state index contributed by atoms with van der Waals surface area (Å²) < 4.78 is 0. The van der Waals surface area contributed by atoms with Crippen molar-refractivity contribution in [3.63, 3.8) is 0 Å². The summed E-state index contributed by atoms with van der Waals surface area (Å²) in [5, 5.41) is 17.0. The molecule has 236 valence electrons. The predicted molar refractivity (Wildman–Crippen MR) is 201 cm³/mol. The third-order valence-electron chi connectivity index (χ3n) is 9.13. The van der Waals surface area contributed by atoms with Gasteiger partial charge in [-0.3, -0.25) is 5.41 Å². The molecule has 0 saturated carbocycles. The van der Waals surface area contributed by atoms with Gasteiger partial charge in [0.2, 0.25) is 0 Å². The highest BCUT2D eigenvalue weighted by atomic mass is 15.2. The van der Waals surface area contributed by atoms with Crippen LogP contribution in [0.2, 0.25) is 0 Å². The second-order valence-corrected chi connectivity index (χ2v) is 12.3. The number of benzene rings is 5. The molecule has 3 unspecified atom stereocenters. The monoisotopic (exact) mass is 633 g/mol. The first-order valence-corrected chi connectivity index (χ1v) is 16.6. The van der Waals surface area contributed by atoms with E-state index in [4.69, 9.17) is 9.98 Å². The zero-order valence-corrected chi connectivity index (χ0v) is 26.9. The summed E-state index contributed by atoms with van der Waals surface area (Å²) >= 11 is 0. The number of amidine groups is 2. The number of nitrogens with zero attached hydrogens (tertiary/aromatic N) is 2. The van der Waals surface area contributed by atoms with E-state index in [-0.39, 0.29) is 18.0 Å². The molecule has 0 radical (unpaired) electrons. The Balaban J connectivity index is 1.30. The Morgan fingerprint density at radius 2 is 1.18 bits per heavy atom. The van der Waals surface area contributed by atoms with Crippen LogP contribution in [0.3, 0.4) is 0 Å². The molecule has 8 rings (SSSR count). The van der Waals surface area contributed by atoms with Gasteiger partial charge in [-0.2, -0.15) is 0 Å². The zero-order chi connectivity index (χ0) is 33.0. The maximum absolute atomic E-state index is 9.62. The van der Waals surface area contributed by atoms with Crippen molar-refractivity contribution in [2.75, 3.05) is 0 Å². The van der Waals surface area contributed by atoms with Crippen molar-refractivity contribution in [2.24, 2.45) is 21.8 Å². The summed E-state index contributed by atoms with van der Waals surface area (Å²) in [6, 6.07) is 51.2. The Morgan fingerprint density at radius 3 is 1.84 bits per heavy atom. The van der Waals surface area contributed by atoms with Crippen LogP contribution in [0.5, 0.6) is 0 Å². The first-order chi connectivity index (χ1) is 24.2. The van der Waals surface area contributed by atoms with E-state index in [0.29, 0.717) is 11.5 Å². The quantitative estimate of drug-likeness (QED) is 0.157. The largest absolute Gasteiger partial charge is 0.358 e. The summed E-state index contributed by atoms with van der Waals surface area (Å²) in [6.07, 6.45) is 8.72. The SMILES string of the molecule is N=C(/C(=C1\NC(c2ccccc2)=CC2C=CC(C3=NC(c4ccccc4)NC(c4ccccc4)=N3)=CC12)c1ccccc1)c1ccccc1. The van der Waals surface area contributed by atoms with Crippen molar-refractivity contribution in [3.05, 3.63) is 215 Å². The number of nitrogens with one attached hydrogen (secondary N) is 3. The molecule has 5 aromatic rings. The van der Waals surface area contributed by atoms with Crippen LogP contribution >= 0.6 is 0 Å². The van der Waals surface area contributed by atoms with Gasteiger partial charge in [-0.25, -0.2) is 9.98 Å². The Hall–Kier alpha value is -6.33. The molecular weight excluding hydrogens is 599 g/mol. The number of hydrogen-bond donors (Lipinski definition) is 3. The van der Waals surface area contributed by atoms with Crippen LogP contribution < -0.4 is 10.6 Å². The number of aliphatic imine (C=N–C) groups is 2. The van der Waals surface area contributed by atoms with Crippen molar-refractivity contribution in [1.82, 2.24) is 10.6 Å². The van der Waals surface area contributed by atoms with Crippen LogP contribution in [-0.4, -0.2) is 17.4 Å². The average molecular weight is 634 g/mol. The molecule has 0 aromatic heterocycles. The highest BCUT2D eigenvalue weighted by Crippen LogP contribution is 2.41. The summed E-state index contributed by atoms with van der Waals surface area (Å²) in [6.45, 7) is 0. The van der Waals surface area contributed by atoms with Crippen LogP contribution in [0, 0.1) is 17.2 Å². The van der Waals surface area contributed by atoms with Gasteiger partial charge in [0.1, 0.15) is 12.0 Å². The van der Waals surface area contributed by atoms with Gasteiger partial charge in [0.15, 0.2) is 5.84 Å². The lowest BCUT2D eigenvalue weighted by molar-refractivity contribution is 0.586. The fourth-order valence-electron chi connectivity index (χ4n) is 6.67. The molecule has 1 aliphatic carbocycles. The lowest BCUT2D eigenvalue weighted by Gasteiger charge is -2.35. The fourth-order valence-corrected chi connectivity index (χ4v) is 6.67. The summed E-state index contributed by atoms with van der Waals surface area (Å²) in [4.78, 5) is 10.3. The molecule has 2 heterocycles. The molecule has 0 fully saturated rings. The van der Waals surface area contributed by atoms with Crippen LogP contribution in [0.1, 0.15) is 34.0 Å². The highest BCUT2D eigenvalue weighted by molar-refractivity contribution is 6.31. The van der Waals surface area contributed by atoms with Crippen LogP contribution in [0.25, 0.3) is 11.3 Å². The van der Waals surface area contributed by atoms with Crippen LogP contribution in [0.4, 0.5) is 0 Å².